The van der Waals surface area contributed by atoms with Crippen molar-refractivity contribution in [2.45, 2.75) is 31.7 Å². The molecule has 0 atom stereocenters. The first kappa shape index (κ1) is 14.2. The van der Waals surface area contributed by atoms with E-state index < -0.39 is 0 Å². The summed E-state index contributed by atoms with van der Waals surface area (Å²) in [5, 5.41) is 23.1. The van der Waals surface area contributed by atoms with Gasteiger partial charge in [0, 0.05) is 12.6 Å². The molecule has 1 saturated carbocycles. The van der Waals surface area contributed by atoms with E-state index in [0.717, 1.165) is 45.3 Å². The van der Waals surface area contributed by atoms with Crippen molar-refractivity contribution in [1.82, 2.24) is 10.2 Å². The van der Waals surface area contributed by atoms with Crippen molar-refractivity contribution in [2.24, 2.45) is 5.92 Å². The van der Waals surface area contributed by atoms with Gasteiger partial charge < -0.3 is 20.4 Å². The van der Waals surface area contributed by atoms with Crippen LogP contribution < -0.4 is 5.32 Å². The minimum atomic E-state index is -0.244. The molecular weight excluding hydrogens is 268 g/mol. The number of aromatic hydroxyl groups is 2. The fourth-order valence-corrected chi connectivity index (χ4v) is 3.02. The van der Waals surface area contributed by atoms with Gasteiger partial charge in [-0.1, -0.05) is 6.07 Å². The summed E-state index contributed by atoms with van der Waals surface area (Å²) in [5.41, 5.74) is 0.0401. The molecule has 2 aliphatic rings. The van der Waals surface area contributed by atoms with E-state index in [1.165, 1.54) is 18.2 Å². The first-order chi connectivity index (χ1) is 10.2. The van der Waals surface area contributed by atoms with Crippen LogP contribution in [0.2, 0.25) is 0 Å². The van der Waals surface area contributed by atoms with Gasteiger partial charge in [0.15, 0.2) is 0 Å². The second-order valence-corrected chi connectivity index (χ2v) is 6.05. The van der Waals surface area contributed by atoms with Crippen LogP contribution in [0.1, 0.15) is 36.0 Å². The number of nitrogens with zero attached hydrogens (tertiary/aromatic N) is 1. The van der Waals surface area contributed by atoms with E-state index in [1.807, 2.05) is 4.90 Å². The van der Waals surface area contributed by atoms with E-state index in [4.69, 9.17) is 0 Å². The molecule has 5 nitrogen and oxygen atoms in total. The molecular formula is C16H22N2O3. The largest absolute Gasteiger partial charge is 0.507 e. The highest BCUT2D eigenvalue weighted by Crippen LogP contribution is 2.34. The molecule has 1 saturated heterocycles. The Hall–Kier alpha value is -1.75. The first-order valence-electron chi connectivity index (χ1n) is 7.69. The number of phenolic OH excluding ortho intramolecular Hbond substituents is 2. The van der Waals surface area contributed by atoms with E-state index in [9.17, 15) is 15.0 Å². The van der Waals surface area contributed by atoms with Gasteiger partial charge in [-0.2, -0.15) is 0 Å². The van der Waals surface area contributed by atoms with Crippen molar-refractivity contribution in [2.75, 3.05) is 19.6 Å². The molecule has 0 unspecified atom stereocenters. The number of carbonyl (C=O) groups excluding carboxylic acids is 1. The summed E-state index contributed by atoms with van der Waals surface area (Å²) in [6.07, 6.45) is 4.18. The average Bonchev–Trinajstić information content (AvgIpc) is 3.30. The third kappa shape index (κ3) is 3.13. The van der Waals surface area contributed by atoms with Crippen molar-refractivity contribution in [1.29, 1.82) is 0 Å². The molecule has 0 bridgehead atoms. The van der Waals surface area contributed by atoms with Gasteiger partial charge in [0.25, 0.3) is 5.91 Å². The number of hydrogen-bond donors (Lipinski definition) is 3. The number of hydrogen-bond acceptors (Lipinski definition) is 4. The number of phenols is 2. The number of amides is 1. The fourth-order valence-electron chi connectivity index (χ4n) is 3.02. The van der Waals surface area contributed by atoms with Gasteiger partial charge in [-0.15, -0.1) is 0 Å². The zero-order valence-corrected chi connectivity index (χ0v) is 12.1. The summed E-state index contributed by atoms with van der Waals surface area (Å²) in [7, 11) is 0. The Morgan fingerprint density at radius 3 is 2.33 bits per heavy atom. The smallest absolute Gasteiger partial charge is 0.261 e. The van der Waals surface area contributed by atoms with Crippen molar-refractivity contribution in [3.05, 3.63) is 23.8 Å². The quantitative estimate of drug-likeness (QED) is 0.789. The lowest BCUT2D eigenvalue weighted by atomic mass is 9.97. The van der Waals surface area contributed by atoms with Gasteiger partial charge >= 0.3 is 0 Å². The lowest BCUT2D eigenvalue weighted by Gasteiger charge is -2.30. The SMILES string of the molecule is O=C(c1c(O)cccc1O)N(CC1CCNCC1)C1CC1. The Balaban J connectivity index is 1.78. The number of nitrogens with one attached hydrogen (secondary N) is 1. The maximum Gasteiger partial charge on any atom is 0.261 e. The van der Waals surface area contributed by atoms with E-state index in [2.05, 4.69) is 5.32 Å². The van der Waals surface area contributed by atoms with Crippen LogP contribution in [0, 0.1) is 5.92 Å². The van der Waals surface area contributed by atoms with E-state index >= 15 is 0 Å². The molecule has 0 aromatic heterocycles. The van der Waals surface area contributed by atoms with Gasteiger partial charge in [-0.3, -0.25) is 4.79 Å². The first-order valence-corrected chi connectivity index (χ1v) is 7.69. The summed E-state index contributed by atoms with van der Waals surface area (Å²) in [4.78, 5) is 14.6. The van der Waals surface area contributed by atoms with E-state index in [1.54, 1.807) is 0 Å². The average molecular weight is 290 g/mol. The molecule has 114 valence electrons. The van der Waals surface area contributed by atoms with E-state index in [0.29, 0.717) is 5.92 Å². The van der Waals surface area contributed by atoms with Gasteiger partial charge in [-0.05, 0) is 56.8 Å². The van der Waals surface area contributed by atoms with Crippen LogP contribution in [0.4, 0.5) is 0 Å². The molecule has 3 N–H and O–H groups in total. The number of piperidine rings is 1. The zero-order valence-electron chi connectivity index (χ0n) is 12.1. The minimum Gasteiger partial charge on any atom is -0.507 e. The van der Waals surface area contributed by atoms with Gasteiger partial charge in [0.05, 0.1) is 0 Å². The monoisotopic (exact) mass is 290 g/mol. The topological polar surface area (TPSA) is 72.8 Å². The van der Waals surface area contributed by atoms with Gasteiger partial charge in [-0.25, -0.2) is 0 Å². The fraction of sp³-hybridized carbons (Fsp3) is 0.562. The normalized spacial score (nSPS) is 19.4. The summed E-state index contributed by atoms with van der Waals surface area (Å²) >= 11 is 0. The summed E-state index contributed by atoms with van der Waals surface area (Å²) in [6, 6.07) is 4.70. The predicted octanol–water partition coefficient (Wildman–Crippen LogP) is 1.70. The minimum absolute atomic E-state index is 0.0401. The molecule has 0 radical (unpaired) electrons. The van der Waals surface area contributed by atoms with Crippen LogP contribution in [-0.4, -0.2) is 46.7 Å². The highest BCUT2D eigenvalue weighted by Gasteiger charge is 2.36. The number of carbonyl (C=O) groups is 1. The Morgan fingerprint density at radius 1 is 1.14 bits per heavy atom. The molecule has 1 aliphatic heterocycles. The maximum atomic E-state index is 12.7. The lowest BCUT2D eigenvalue weighted by molar-refractivity contribution is 0.0695. The maximum absolute atomic E-state index is 12.7. The molecule has 2 fully saturated rings. The molecule has 1 aromatic rings. The standard InChI is InChI=1S/C16H22N2O3/c19-13-2-1-3-14(20)15(13)16(21)18(12-4-5-12)10-11-6-8-17-9-7-11/h1-3,11-12,17,19-20H,4-10H2. The molecule has 1 amide bonds. The van der Waals surface area contributed by atoms with Gasteiger partial charge in [0.2, 0.25) is 0 Å². The number of rotatable bonds is 4. The molecule has 1 aromatic carbocycles. The highest BCUT2D eigenvalue weighted by molar-refractivity contribution is 5.99. The van der Waals surface area contributed by atoms with Crippen LogP contribution in [0.3, 0.4) is 0 Å². The Labute approximate surface area is 124 Å². The zero-order chi connectivity index (χ0) is 14.8. The van der Waals surface area contributed by atoms with Crippen molar-refractivity contribution >= 4 is 5.91 Å². The Kier molecular flexibility index (Phi) is 4.01. The summed E-state index contributed by atoms with van der Waals surface area (Å²) < 4.78 is 0. The van der Waals surface area contributed by atoms with E-state index in [-0.39, 0.29) is 29.0 Å². The Morgan fingerprint density at radius 2 is 1.76 bits per heavy atom. The Bertz CT molecular complexity index is 502. The summed E-state index contributed by atoms with van der Waals surface area (Å²) in [5.74, 6) is -0.0256. The molecule has 3 rings (SSSR count). The summed E-state index contributed by atoms with van der Waals surface area (Å²) in [6.45, 7) is 2.72. The third-order valence-corrected chi connectivity index (χ3v) is 4.40. The van der Waals surface area contributed by atoms with Crippen LogP contribution in [0.25, 0.3) is 0 Å². The molecule has 1 aliphatic carbocycles. The lowest BCUT2D eigenvalue weighted by Crippen LogP contribution is -2.40. The van der Waals surface area contributed by atoms with Crippen LogP contribution in [0.5, 0.6) is 11.5 Å². The van der Waals surface area contributed by atoms with Crippen molar-refractivity contribution < 1.29 is 15.0 Å². The van der Waals surface area contributed by atoms with Crippen LogP contribution >= 0.6 is 0 Å². The second-order valence-electron chi connectivity index (χ2n) is 6.05. The molecule has 5 heteroatoms. The highest BCUT2D eigenvalue weighted by atomic mass is 16.3. The molecule has 21 heavy (non-hydrogen) atoms. The third-order valence-electron chi connectivity index (χ3n) is 4.40. The molecule has 0 spiro atoms. The predicted molar refractivity (Wildman–Crippen MR) is 79.4 cm³/mol. The van der Waals surface area contributed by atoms with Gasteiger partial charge in [0.1, 0.15) is 17.1 Å². The molecule has 1 heterocycles. The van der Waals surface area contributed by atoms with Crippen LogP contribution in [-0.2, 0) is 0 Å². The number of benzene rings is 1. The van der Waals surface area contributed by atoms with Crippen LogP contribution in [0.15, 0.2) is 18.2 Å². The van der Waals surface area contributed by atoms with Crippen molar-refractivity contribution in [3.63, 3.8) is 0 Å². The van der Waals surface area contributed by atoms with Crippen molar-refractivity contribution in [3.8, 4) is 11.5 Å². The second kappa shape index (κ2) is 5.93.